The van der Waals surface area contributed by atoms with Crippen molar-refractivity contribution in [3.8, 4) is 0 Å². The van der Waals surface area contributed by atoms with Gasteiger partial charge in [-0.1, -0.05) is 38.1 Å². The molecule has 0 saturated heterocycles. The van der Waals surface area contributed by atoms with Crippen molar-refractivity contribution >= 4 is 11.3 Å². The minimum atomic E-state index is 0.546. The highest BCUT2D eigenvalue weighted by atomic mass is 14.9. The summed E-state index contributed by atoms with van der Waals surface area (Å²) in [5.41, 5.74) is 4.15. The molecule has 0 aromatic heterocycles. The number of benzene rings is 1. The van der Waals surface area contributed by atoms with Crippen molar-refractivity contribution in [1.82, 2.24) is 0 Å². The van der Waals surface area contributed by atoms with Crippen LogP contribution < -0.4 is 5.32 Å². The number of allylic oxidation sites excluding steroid dienone is 1. The first-order chi connectivity index (χ1) is 7.16. The molecule has 0 aliphatic carbocycles. The molecule has 1 N–H and O–H groups in total. The molecule has 1 nitrogen and oxygen atoms in total. The van der Waals surface area contributed by atoms with Gasteiger partial charge in [0.05, 0.1) is 0 Å². The van der Waals surface area contributed by atoms with Gasteiger partial charge in [0, 0.05) is 17.3 Å². The number of fused-ring (bicyclic) bond motifs is 1. The average Bonchev–Trinajstić information content (AvgIpc) is 2.16. The molecule has 1 heteroatoms. The first-order valence-electron chi connectivity index (χ1n) is 5.73. The van der Waals surface area contributed by atoms with Crippen LogP contribution in [-0.2, 0) is 0 Å². The largest absolute Gasteiger partial charge is 0.382 e. The summed E-state index contributed by atoms with van der Waals surface area (Å²) in [6.45, 7) is 6.72. The lowest BCUT2D eigenvalue weighted by atomic mass is 9.91. The lowest BCUT2D eigenvalue weighted by Gasteiger charge is -2.27. The van der Waals surface area contributed by atoms with Crippen molar-refractivity contribution in [1.29, 1.82) is 0 Å². The van der Waals surface area contributed by atoms with Gasteiger partial charge in [0.25, 0.3) is 0 Å². The van der Waals surface area contributed by atoms with Crippen LogP contribution >= 0.6 is 0 Å². The lowest BCUT2D eigenvalue weighted by molar-refractivity contribution is 0.785. The Balaban J connectivity index is 2.43. The Morgan fingerprint density at radius 1 is 1.33 bits per heavy atom. The predicted molar refractivity (Wildman–Crippen MR) is 67.0 cm³/mol. The van der Waals surface area contributed by atoms with E-state index in [1.807, 2.05) is 0 Å². The van der Waals surface area contributed by atoms with E-state index < -0.39 is 0 Å². The molecular formula is C14H19N. The van der Waals surface area contributed by atoms with Crippen LogP contribution in [0.3, 0.4) is 0 Å². The second kappa shape index (κ2) is 4.09. The summed E-state index contributed by atoms with van der Waals surface area (Å²) < 4.78 is 0. The van der Waals surface area contributed by atoms with Gasteiger partial charge in [-0.25, -0.2) is 0 Å². The van der Waals surface area contributed by atoms with Crippen LogP contribution in [0.25, 0.3) is 5.57 Å². The first kappa shape index (κ1) is 10.3. The minimum Gasteiger partial charge on any atom is -0.382 e. The number of hydrogen-bond acceptors (Lipinski definition) is 1. The van der Waals surface area contributed by atoms with E-state index in [1.54, 1.807) is 0 Å². The highest BCUT2D eigenvalue weighted by Crippen LogP contribution is 2.33. The number of para-hydroxylation sites is 1. The summed E-state index contributed by atoms with van der Waals surface area (Å²) >= 11 is 0. The SMILES string of the molecule is CC(C)/C=C1/CC(C)Nc2ccccc21. The molecule has 0 spiro atoms. The van der Waals surface area contributed by atoms with Crippen LogP contribution in [0.2, 0.25) is 0 Å². The fourth-order valence-corrected chi connectivity index (χ4v) is 2.21. The maximum Gasteiger partial charge on any atom is 0.0418 e. The lowest BCUT2D eigenvalue weighted by Crippen LogP contribution is -2.21. The molecule has 0 fully saturated rings. The molecule has 1 atom stereocenters. The molecule has 0 saturated carbocycles. The monoisotopic (exact) mass is 201 g/mol. The molecule has 1 unspecified atom stereocenters. The summed E-state index contributed by atoms with van der Waals surface area (Å²) in [4.78, 5) is 0. The van der Waals surface area contributed by atoms with Gasteiger partial charge in [-0.2, -0.15) is 0 Å². The standard InChI is InChI=1S/C14H19N/c1-10(2)8-12-9-11(3)15-14-7-5-4-6-13(12)14/h4-8,10-11,15H,9H2,1-3H3/b12-8-. The fourth-order valence-electron chi connectivity index (χ4n) is 2.21. The molecule has 15 heavy (non-hydrogen) atoms. The summed E-state index contributed by atoms with van der Waals surface area (Å²) in [7, 11) is 0. The third-order valence-corrected chi connectivity index (χ3v) is 2.74. The molecule has 1 aliphatic heterocycles. The third-order valence-electron chi connectivity index (χ3n) is 2.74. The number of anilines is 1. The Morgan fingerprint density at radius 2 is 2.07 bits per heavy atom. The van der Waals surface area contributed by atoms with E-state index in [2.05, 4.69) is 56.4 Å². The minimum absolute atomic E-state index is 0.546. The highest BCUT2D eigenvalue weighted by Gasteiger charge is 2.17. The van der Waals surface area contributed by atoms with Crippen molar-refractivity contribution in [3.05, 3.63) is 35.9 Å². The Labute approximate surface area is 92.2 Å². The summed E-state index contributed by atoms with van der Waals surface area (Å²) in [6, 6.07) is 9.13. The van der Waals surface area contributed by atoms with Gasteiger partial charge in [-0.3, -0.25) is 0 Å². The molecular weight excluding hydrogens is 182 g/mol. The molecule has 1 aromatic carbocycles. The van der Waals surface area contributed by atoms with Crippen LogP contribution in [0.15, 0.2) is 30.3 Å². The van der Waals surface area contributed by atoms with Gasteiger partial charge in [-0.15, -0.1) is 0 Å². The topological polar surface area (TPSA) is 12.0 Å². The van der Waals surface area contributed by atoms with Crippen molar-refractivity contribution < 1.29 is 0 Å². The van der Waals surface area contributed by atoms with Crippen LogP contribution in [0, 0.1) is 5.92 Å². The zero-order chi connectivity index (χ0) is 10.8. The van der Waals surface area contributed by atoms with Crippen molar-refractivity contribution in [2.45, 2.75) is 33.2 Å². The maximum atomic E-state index is 3.52. The zero-order valence-corrected chi connectivity index (χ0v) is 9.75. The first-order valence-corrected chi connectivity index (χ1v) is 5.73. The van der Waals surface area contributed by atoms with E-state index in [0.29, 0.717) is 12.0 Å². The summed E-state index contributed by atoms with van der Waals surface area (Å²) in [5, 5.41) is 3.52. The predicted octanol–water partition coefficient (Wildman–Crippen LogP) is 3.93. The van der Waals surface area contributed by atoms with Crippen LogP contribution in [0.1, 0.15) is 32.8 Å². The Hall–Kier alpha value is -1.24. The maximum absolute atomic E-state index is 3.52. The molecule has 2 rings (SSSR count). The van der Waals surface area contributed by atoms with Gasteiger partial charge in [-0.05, 0) is 30.9 Å². The molecule has 1 aliphatic rings. The highest BCUT2D eigenvalue weighted by molar-refractivity contribution is 5.79. The van der Waals surface area contributed by atoms with E-state index >= 15 is 0 Å². The summed E-state index contributed by atoms with van der Waals surface area (Å²) in [5.74, 6) is 0.623. The smallest absolute Gasteiger partial charge is 0.0418 e. The van der Waals surface area contributed by atoms with Gasteiger partial charge in [0.2, 0.25) is 0 Å². The molecule has 1 heterocycles. The quantitative estimate of drug-likeness (QED) is 0.726. The molecule has 1 aromatic rings. The Bertz CT molecular complexity index is 377. The van der Waals surface area contributed by atoms with Crippen LogP contribution in [0.4, 0.5) is 5.69 Å². The normalized spacial score (nSPS) is 22.7. The van der Waals surface area contributed by atoms with Gasteiger partial charge < -0.3 is 5.32 Å². The molecule has 0 amide bonds. The summed E-state index contributed by atoms with van der Waals surface area (Å²) in [6.07, 6.45) is 3.52. The Morgan fingerprint density at radius 3 is 2.80 bits per heavy atom. The number of hydrogen-bond donors (Lipinski definition) is 1. The second-order valence-corrected chi connectivity index (χ2v) is 4.73. The van der Waals surface area contributed by atoms with Gasteiger partial charge >= 0.3 is 0 Å². The number of nitrogens with one attached hydrogen (secondary N) is 1. The second-order valence-electron chi connectivity index (χ2n) is 4.73. The van der Waals surface area contributed by atoms with Crippen molar-refractivity contribution in [2.75, 3.05) is 5.32 Å². The average molecular weight is 201 g/mol. The van der Waals surface area contributed by atoms with Gasteiger partial charge in [0.15, 0.2) is 0 Å². The molecule has 0 radical (unpaired) electrons. The Kier molecular flexibility index (Phi) is 2.81. The molecule has 80 valence electrons. The van der Waals surface area contributed by atoms with E-state index in [-0.39, 0.29) is 0 Å². The van der Waals surface area contributed by atoms with E-state index in [4.69, 9.17) is 0 Å². The van der Waals surface area contributed by atoms with E-state index in [0.717, 1.165) is 6.42 Å². The van der Waals surface area contributed by atoms with Gasteiger partial charge in [0.1, 0.15) is 0 Å². The third kappa shape index (κ3) is 2.23. The number of rotatable bonds is 1. The fraction of sp³-hybridized carbons (Fsp3) is 0.429. The zero-order valence-electron chi connectivity index (χ0n) is 9.75. The van der Waals surface area contributed by atoms with Crippen LogP contribution in [0.5, 0.6) is 0 Å². The van der Waals surface area contributed by atoms with Crippen molar-refractivity contribution in [3.63, 3.8) is 0 Å². The van der Waals surface area contributed by atoms with Crippen molar-refractivity contribution in [2.24, 2.45) is 5.92 Å². The van der Waals surface area contributed by atoms with E-state index in [1.165, 1.54) is 16.8 Å². The van der Waals surface area contributed by atoms with Crippen LogP contribution in [-0.4, -0.2) is 6.04 Å². The van der Waals surface area contributed by atoms with E-state index in [9.17, 15) is 0 Å². The molecule has 0 bridgehead atoms.